The van der Waals surface area contributed by atoms with Gasteiger partial charge in [0.15, 0.2) is 0 Å². The summed E-state index contributed by atoms with van der Waals surface area (Å²) in [5, 5.41) is 0. The molecule has 0 unspecified atom stereocenters. The zero-order valence-electron chi connectivity index (χ0n) is 6.79. The summed E-state index contributed by atoms with van der Waals surface area (Å²) >= 11 is 0. The van der Waals surface area contributed by atoms with Crippen LogP contribution < -0.4 is 4.74 Å². The third-order valence-electron chi connectivity index (χ3n) is 1.53. The summed E-state index contributed by atoms with van der Waals surface area (Å²) in [6.45, 7) is 5.62. The van der Waals surface area contributed by atoms with E-state index < -0.39 is 0 Å². The third-order valence-corrected chi connectivity index (χ3v) is 1.53. The molecule has 1 aromatic rings. The molecule has 0 aliphatic heterocycles. The number of aryl methyl sites for hydroxylation is 1. The van der Waals surface area contributed by atoms with E-state index in [2.05, 4.69) is 11.6 Å². The molecule has 0 aliphatic rings. The van der Waals surface area contributed by atoms with Gasteiger partial charge in [0.25, 0.3) is 0 Å². The fraction of sp³-hybridized carbons (Fsp3) is 0.222. The van der Waals surface area contributed by atoms with Gasteiger partial charge in [-0.05, 0) is 6.92 Å². The highest BCUT2D eigenvalue weighted by Crippen LogP contribution is 2.21. The molecule has 2 nitrogen and oxygen atoms in total. The van der Waals surface area contributed by atoms with Crippen molar-refractivity contribution >= 4 is 6.08 Å². The number of pyridine rings is 1. The van der Waals surface area contributed by atoms with Crippen LogP contribution in [0, 0.1) is 6.92 Å². The average Bonchev–Trinajstić information content (AvgIpc) is 2.04. The van der Waals surface area contributed by atoms with Gasteiger partial charge in [0.05, 0.1) is 7.11 Å². The van der Waals surface area contributed by atoms with Crippen LogP contribution in [0.4, 0.5) is 0 Å². The van der Waals surface area contributed by atoms with E-state index in [1.165, 1.54) is 0 Å². The Hall–Kier alpha value is -1.31. The molecule has 58 valence electrons. The van der Waals surface area contributed by atoms with Crippen molar-refractivity contribution in [1.29, 1.82) is 0 Å². The Morgan fingerprint density at radius 3 is 2.73 bits per heavy atom. The van der Waals surface area contributed by atoms with Crippen LogP contribution in [0.3, 0.4) is 0 Å². The Morgan fingerprint density at radius 1 is 1.55 bits per heavy atom. The van der Waals surface area contributed by atoms with E-state index in [0.29, 0.717) is 0 Å². The van der Waals surface area contributed by atoms with Gasteiger partial charge in [-0.3, -0.25) is 4.98 Å². The largest absolute Gasteiger partial charge is 0.496 e. The van der Waals surface area contributed by atoms with Crippen molar-refractivity contribution in [3.8, 4) is 5.75 Å². The van der Waals surface area contributed by atoms with Gasteiger partial charge >= 0.3 is 0 Å². The lowest BCUT2D eigenvalue weighted by Gasteiger charge is -2.05. The molecular formula is C9H11NO. The Balaban J connectivity index is 3.23. The maximum Gasteiger partial charge on any atom is 0.132 e. The lowest BCUT2D eigenvalue weighted by molar-refractivity contribution is 0.410. The molecule has 0 aliphatic carbocycles. The quantitative estimate of drug-likeness (QED) is 0.642. The van der Waals surface area contributed by atoms with E-state index in [-0.39, 0.29) is 0 Å². The highest BCUT2D eigenvalue weighted by molar-refractivity contribution is 5.56. The minimum atomic E-state index is 0.856. The van der Waals surface area contributed by atoms with Gasteiger partial charge in [0.2, 0.25) is 0 Å². The Kier molecular flexibility index (Phi) is 2.26. The first-order valence-corrected chi connectivity index (χ1v) is 3.40. The summed E-state index contributed by atoms with van der Waals surface area (Å²) in [5.41, 5.74) is 1.97. The lowest BCUT2D eigenvalue weighted by atomic mass is 10.2. The van der Waals surface area contributed by atoms with Gasteiger partial charge in [0.1, 0.15) is 5.75 Å². The number of hydrogen-bond donors (Lipinski definition) is 0. The first kappa shape index (κ1) is 7.79. The van der Waals surface area contributed by atoms with Gasteiger partial charge < -0.3 is 4.74 Å². The normalized spacial score (nSPS) is 9.27. The fourth-order valence-electron chi connectivity index (χ4n) is 0.999. The fourth-order valence-corrected chi connectivity index (χ4v) is 0.999. The number of nitrogens with zero attached hydrogens (tertiary/aromatic N) is 1. The summed E-state index contributed by atoms with van der Waals surface area (Å²) in [5.74, 6) is 0.856. The van der Waals surface area contributed by atoms with Crippen LogP contribution in [-0.4, -0.2) is 12.1 Å². The standard InChI is InChI=1S/C9H11NO/c1-4-8-6-10-5-7(2)9(8)11-3/h4-6H,1H2,2-3H3. The van der Waals surface area contributed by atoms with Gasteiger partial charge in [-0.2, -0.15) is 0 Å². The molecule has 0 bridgehead atoms. The molecule has 0 amide bonds. The van der Waals surface area contributed by atoms with E-state index >= 15 is 0 Å². The van der Waals surface area contributed by atoms with E-state index in [1.807, 2.05) is 6.92 Å². The van der Waals surface area contributed by atoms with Crippen molar-refractivity contribution in [2.45, 2.75) is 6.92 Å². The number of methoxy groups -OCH3 is 1. The second-order valence-corrected chi connectivity index (χ2v) is 2.28. The van der Waals surface area contributed by atoms with Crippen molar-refractivity contribution in [2.75, 3.05) is 7.11 Å². The molecule has 0 N–H and O–H groups in total. The smallest absolute Gasteiger partial charge is 0.132 e. The maximum atomic E-state index is 5.16. The second-order valence-electron chi connectivity index (χ2n) is 2.28. The minimum absolute atomic E-state index is 0.856. The number of aromatic nitrogens is 1. The predicted octanol–water partition coefficient (Wildman–Crippen LogP) is 2.04. The zero-order valence-corrected chi connectivity index (χ0v) is 6.79. The van der Waals surface area contributed by atoms with Crippen LogP contribution >= 0.6 is 0 Å². The molecule has 0 atom stereocenters. The van der Waals surface area contributed by atoms with Crippen LogP contribution in [0.2, 0.25) is 0 Å². The lowest BCUT2D eigenvalue weighted by Crippen LogP contribution is -1.91. The molecule has 11 heavy (non-hydrogen) atoms. The monoisotopic (exact) mass is 149 g/mol. The SMILES string of the molecule is C=Cc1cncc(C)c1OC. The van der Waals surface area contributed by atoms with E-state index in [0.717, 1.165) is 16.9 Å². The van der Waals surface area contributed by atoms with E-state index in [4.69, 9.17) is 4.74 Å². The molecule has 0 saturated carbocycles. The molecule has 0 aromatic carbocycles. The van der Waals surface area contributed by atoms with Crippen molar-refractivity contribution in [3.05, 3.63) is 30.1 Å². The van der Waals surface area contributed by atoms with E-state index in [9.17, 15) is 0 Å². The molecule has 0 saturated heterocycles. The molecule has 2 heteroatoms. The van der Waals surface area contributed by atoms with Gasteiger partial charge in [0, 0.05) is 23.5 Å². The topological polar surface area (TPSA) is 22.1 Å². The zero-order chi connectivity index (χ0) is 8.27. The number of ether oxygens (including phenoxy) is 1. The van der Waals surface area contributed by atoms with E-state index in [1.54, 1.807) is 25.6 Å². The van der Waals surface area contributed by atoms with Crippen LogP contribution in [0.1, 0.15) is 11.1 Å². The molecule has 0 spiro atoms. The molecule has 1 aromatic heterocycles. The number of hydrogen-bond acceptors (Lipinski definition) is 2. The van der Waals surface area contributed by atoms with Gasteiger partial charge in [-0.15, -0.1) is 0 Å². The maximum absolute atomic E-state index is 5.16. The van der Waals surface area contributed by atoms with Crippen molar-refractivity contribution in [3.63, 3.8) is 0 Å². The summed E-state index contributed by atoms with van der Waals surface area (Å²) in [6, 6.07) is 0. The van der Waals surface area contributed by atoms with Crippen molar-refractivity contribution in [1.82, 2.24) is 4.98 Å². The van der Waals surface area contributed by atoms with Crippen LogP contribution in [0.5, 0.6) is 5.75 Å². The highest BCUT2D eigenvalue weighted by atomic mass is 16.5. The first-order valence-electron chi connectivity index (χ1n) is 3.40. The summed E-state index contributed by atoms with van der Waals surface area (Å²) in [6.07, 6.45) is 5.24. The van der Waals surface area contributed by atoms with Crippen LogP contribution in [0.15, 0.2) is 19.0 Å². The van der Waals surface area contributed by atoms with Crippen LogP contribution in [-0.2, 0) is 0 Å². The van der Waals surface area contributed by atoms with Gasteiger partial charge in [-0.25, -0.2) is 0 Å². The Labute approximate surface area is 66.5 Å². The molecule has 0 radical (unpaired) electrons. The average molecular weight is 149 g/mol. The van der Waals surface area contributed by atoms with Crippen LogP contribution in [0.25, 0.3) is 6.08 Å². The summed E-state index contributed by atoms with van der Waals surface area (Å²) in [7, 11) is 1.65. The van der Waals surface area contributed by atoms with Crippen molar-refractivity contribution in [2.24, 2.45) is 0 Å². The van der Waals surface area contributed by atoms with Crippen molar-refractivity contribution < 1.29 is 4.74 Å². The second kappa shape index (κ2) is 3.19. The first-order chi connectivity index (χ1) is 5.29. The number of rotatable bonds is 2. The molecule has 0 fully saturated rings. The summed E-state index contributed by atoms with van der Waals surface area (Å²) < 4.78 is 5.16. The molecular weight excluding hydrogens is 138 g/mol. The Morgan fingerprint density at radius 2 is 2.27 bits per heavy atom. The Bertz CT molecular complexity index is 268. The predicted molar refractivity (Wildman–Crippen MR) is 45.6 cm³/mol. The molecule has 1 heterocycles. The summed E-state index contributed by atoms with van der Waals surface area (Å²) in [4.78, 5) is 4.01. The minimum Gasteiger partial charge on any atom is -0.496 e. The van der Waals surface area contributed by atoms with Gasteiger partial charge in [-0.1, -0.05) is 12.7 Å². The molecule has 1 rings (SSSR count). The third kappa shape index (κ3) is 1.40. The highest BCUT2D eigenvalue weighted by Gasteiger charge is 2.01.